The van der Waals surface area contributed by atoms with Crippen LogP contribution >= 0.6 is 23.2 Å². The average Bonchev–Trinajstić information content (AvgIpc) is 3.24. The van der Waals surface area contributed by atoms with Gasteiger partial charge in [0.1, 0.15) is 9.79 Å². The van der Waals surface area contributed by atoms with Gasteiger partial charge in [-0.15, -0.1) is 0 Å². The van der Waals surface area contributed by atoms with E-state index in [1.807, 2.05) is 0 Å². The van der Waals surface area contributed by atoms with Gasteiger partial charge >= 0.3 is 0 Å². The molecule has 0 radical (unpaired) electrons. The number of hydrogen-bond donors (Lipinski definition) is 1. The Morgan fingerprint density at radius 1 is 0.623 bits per heavy atom. The van der Waals surface area contributed by atoms with E-state index in [2.05, 4.69) is 15.3 Å². The molecule has 4 aromatic carbocycles. The highest BCUT2D eigenvalue weighted by molar-refractivity contribution is 7.93. The van der Waals surface area contributed by atoms with Crippen LogP contribution in [0.5, 0.6) is 0 Å². The van der Waals surface area contributed by atoms with Crippen molar-refractivity contribution < 1.29 is 26.4 Å². The Hall–Kier alpha value is -5.80. The van der Waals surface area contributed by atoms with Crippen LogP contribution in [-0.2, 0) is 33.1 Å². The molecule has 61 heavy (non-hydrogen) atoms. The summed E-state index contributed by atoms with van der Waals surface area (Å²) in [5.41, 5.74) is 3.24. The van der Waals surface area contributed by atoms with E-state index in [4.69, 9.17) is 23.2 Å². The number of likely N-dealkylation sites (tertiary alicyclic amines) is 1. The van der Waals surface area contributed by atoms with Crippen molar-refractivity contribution in [3.05, 3.63) is 178 Å². The highest BCUT2D eigenvalue weighted by Gasteiger charge is 2.29. The molecule has 1 aliphatic heterocycles. The molecule has 2 aromatic heterocycles. The van der Waals surface area contributed by atoms with Crippen molar-refractivity contribution in [2.45, 2.75) is 54.6 Å². The number of anilines is 2. The van der Waals surface area contributed by atoms with Crippen molar-refractivity contribution in [3.63, 3.8) is 0 Å². The Kier molecular flexibility index (Phi) is 13.7. The van der Waals surface area contributed by atoms with Crippen LogP contribution in [0.1, 0.15) is 57.5 Å². The molecule has 0 spiro atoms. The minimum atomic E-state index is -3.92. The Morgan fingerprint density at radius 3 is 1.51 bits per heavy atom. The summed E-state index contributed by atoms with van der Waals surface area (Å²) in [7, 11) is -7.82. The van der Waals surface area contributed by atoms with Gasteiger partial charge in [0.05, 0.1) is 24.5 Å². The van der Waals surface area contributed by atoms with Crippen molar-refractivity contribution in [1.82, 2.24) is 20.2 Å². The average molecular weight is 898 g/mol. The molecule has 8 rings (SSSR count). The zero-order valence-electron chi connectivity index (χ0n) is 32.8. The minimum absolute atomic E-state index is 0.0771. The first-order valence-corrected chi connectivity index (χ1v) is 23.2. The first-order valence-electron chi connectivity index (χ1n) is 19.5. The van der Waals surface area contributed by atoms with Crippen molar-refractivity contribution in [1.29, 1.82) is 0 Å². The SMILES string of the molecule is O=C(NC1CCC1)c1cccc(N(Cc2ccc(Cl)cc2)S(=O)(=O)c2cccnc2)c1.O=C(c1cccc(N(Cc2ccc(Cl)cc2)S(=O)(=O)c2cccnc2)c1)N1CCC1. The highest BCUT2D eigenvalue weighted by atomic mass is 35.5. The van der Waals surface area contributed by atoms with Gasteiger partial charge in [-0.3, -0.25) is 28.2 Å². The van der Waals surface area contributed by atoms with E-state index in [-0.39, 0.29) is 40.7 Å². The fraction of sp³-hybridized carbons (Fsp3) is 0.200. The summed E-state index contributed by atoms with van der Waals surface area (Å²) in [5, 5.41) is 4.13. The number of sulfonamides is 2. The normalized spacial score (nSPS) is 13.8. The molecule has 0 unspecified atom stereocenters. The molecule has 1 saturated heterocycles. The molecule has 12 nitrogen and oxygen atoms in total. The maximum Gasteiger partial charge on any atom is 0.266 e. The van der Waals surface area contributed by atoms with Gasteiger partial charge in [0.15, 0.2) is 0 Å². The van der Waals surface area contributed by atoms with Gasteiger partial charge in [-0.2, -0.15) is 0 Å². The third-order valence-corrected chi connectivity index (χ3v) is 14.3. The lowest BCUT2D eigenvalue weighted by molar-refractivity contribution is 0.0651. The Balaban J connectivity index is 0.000000184. The minimum Gasteiger partial charge on any atom is -0.349 e. The number of rotatable bonds is 13. The van der Waals surface area contributed by atoms with Crippen LogP contribution in [-0.4, -0.2) is 62.6 Å². The lowest BCUT2D eigenvalue weighted by Crippen LogP contribution is -2.42. The van der Waals surface area contributed by atoms with Gasteiger partial charge in [0.2, 0.25) is 0 Å². The van der Waals surface area contributed by atoms with Gasteiger partial charge in [-0.25, -0.2) is 16.8 Å². The van der Waals surface area contributed by atoms with Crippen molar-refractivity contribution in [2.24, 2.45) is 0 Å². The summed E-state index contributed by atoms with van der Waals surface area (Å²) >= 11 is 12.0. The smallest absolute Gasteiger partial charge is 0.266 e. The lowest BCUT2D eigenvalue weighted by Gasteiger charge is -2.31. The van der Waals surface area contributed by atoms with E-state index >= 15 is 0 Å². The third kappa shape index (κ3) is 10.6. The van der Waals surface area contributed by atoms with Crippen molar-refractivity contribution in [2.75, 3.05) is 21.7 Å². The van der Waals surface area contributed by atoms with Crippen molar-refractivity contribution >= 4 is 66.4 Å². The molecule has 1 aliphatic carbocycles. The number of halogens is 2. The summed E-state index contributed by atoms with van der Waals surface area (Å²) < 4.78 is 56.4. The molecule has 314 valence electrons. The van der Waals surface area contributed by atoms with Crippen LogP contribution in [0.2, 0.25) is 10.0 Å². The molecule has 1 N–H and O–H groups in total. The molecular formula is C45H42Cl2N6O6S2. The number of nitrogens with zero attached hydrogens (tertiary/aromatic N) is 5. The molecular weight excluding hydrogens is 856 g/mol. The Bertz CT molecular complexity index is 2690. The molecule has 3 heterocycles. The van der Waals surface area contributed by atoms with Crippen LogP contribution in [0, 0.1) is 0 Å². The fourth-order valence-corrected chi connectivity index (χ4v) is 9.59. The van der Waals surface area contributed by atoms with E-state index in [0.717, 1.165) is 49.9 Å². The van der Waals surface area contributed by atoms with Crippen LogP contribution in [0.15, 0.2) is 156 Å². The van der Waals surface area contributed by atoms with Crippen LogP contribution in [0.25, 0.3) is 0 Å². The number of pyridine rings is 2. The zero-order valence-corrected chi connectivity index (χ0v) is 36.0. The molecule has 6 aromatic rings. The summed E-state index contributed by atoms with van der Waals surface area (Å²) in [6, 6.07) is 33.8. The molecule has 16 heteroatoms. The zero-order chi connectivity index (χ0) is 43.0. The van der Waals surface area contributed by atoms with Crippen LogP contribution < -0.4 is 13.9 Å². The topological polar surface area (TPSA) is 150 Å². The Morgan fingerprint density at radius 2 is 1.10 bits per heavy atom. The Labute approximate surface area is 365 Å². The summed E-state index contributed by atoms with van der Waals surface area (Å²) in [6.45, 7) is 1.63. The number of amides is 2. The van der Waals surface area contributed by atoms with Gasteiger partial charge in [0.25, 0.3) is 31.9 Å². The molecule has 0 bridgehead atoms. The standard InChI is InChI=1S/C23H22ClN3O3S.C22H20ClN3O3S/c24-19-11-9-17(10-12-19)16-27(31(29,30)22-8-3-13-25-15-22)21-7-1-4-18(14-21)23(28)26-20-5-2-6-20;23-19-9-7-17(8-10-19)16-26(30(28,29)21-6-2-11-24-15-21)20-5-1-4-18(14-20)22(27)25-12-3-13-25/h1,3-4,7-15,20H,2,5-6,16H2,(H,26,28);1-2,4-11,14-15H,3,12-13,16H2. The molecule has 2 fully saturated rings. The predicted molar refractivity (Wildman–Crippen MR) is 237 cm³/mol. The predicted octanol–water partition coefficient (Wildman–Crippen LogP) is 8.39. The lowest BCUT2D eigenvalue weighted by atomic mass is 9.93. The summed E-state index contributed by atoms with van der Waals surface area (Å²) in [6.07, 6.45) is 9.74. The van der Waals surface area contributed by atoms with Gasteiger partial charge in [-0.1, -0.05) is 59.6 Å². The van der Waals surface area contributed by atoms with Crippen molar-refractivity contribution in [3.8, 4) is 0 Å². The quantitative estimate of drug-likeness (QED) is 0.122. The van der Waals surface area contributed by atoms with E-state index < -0.39 is 20.0 Å². The molecule has 0 atom stereocenters. The number of aromatic nitrogens is 2. The van der Waals surface area contributed by atoms with Gasteiger partial charge in [0, 0.05) is 65.1 Å². The summed E-state index contributed by atoms with van der Waals surface area (Å²) in [5.74, 6) is -0.287. The van der Waals surface area contributed by atoms with E-state index in [1.54, 1.807) is 114 Å². The number of carbonyl (C=O) groups excluding carboxylic acids is 2. The van der Waals surface area contributed by atoms with Crippen LogP contribution in [0.4, 0.5) is 11.4 Å². The number of hydrogen-bond acceptors (Lipinski definition) is 8. The molecule has 2 aliphatic rings. The monoisotopic (exact) mass is 896 g/mol. The largest absolute Gasteiger partial charge is 0.349 e. The van der Waals surface area contributed by atoms with E-state index in [0.29, 0.717) is 32.5 Å². The maximum absolute atomic E-state index is 13.5. The second-order valence-electron chi connectivity index (χ2n) is 14.5. The highest BCUT2D eigenvalue weighted by Crippen LogP contribution is 2.30. The number of nitrogens with one attached hydrogen (secondary N) is 1. The second-order valence-corrected chi connectivity index (χ2v) is 19.1. The maximum atomic E-state index is 13.5. The van der Waals surface area contributed by atoms with Gasteiger partial charge in [-0.05, 0) is 122 Å². The van der Waals surface area contributed by atoms with E-state index in [9.17, 15) is 26.4 Å². The number of benzene rings is 4. The summed E-state index contributed by atoms with van der Waals surface area (Å²) in [4.78, 5) is 35.1. The molecule has 1 saturated carbocycles. The first-order chi connectivity index (χ1) is 29.4. The molecule has 2 amide bonds. The van der Waals surface area contributed by atoms with E-state index in [1.165, 1.54) is 45.5 Å². The fourth-order valence-electron chi connectivity index (χ4n) is 6.51. The van der Waals surface area contributed by atoms with Crippen LogP contribution in [0.3, 0.4) is 0 Å². The van der Waals surface area contributed by atoms with Gasteiger partial charge < -0.3 is 10.2 Å². The first kappa shape index (κ1) is 43.3. The number of carbonyl (C=O) groups is 2. The third-order valence-electron chi connectivity index (χ3n) is 10.3. The second kappa shape index (κ2) is 19.3.